The predicted molar refractivity (Wildman–Crippen MR) is 89.9 cm³/mol. The fraction of sp³-hybridized carbons (Fsp3) is 0.467. The van der Waals surface area contributed by atoms with Crippen molar-refractivity contribution in [2.75, 3.05) is 5.75 Å². The SMILES string of the molecule is O=C(CSc1nnnn1-c1ccc(Cl)cc1)NC1CCCCC1. The number of carbonyl (C=O) groups is 1. The molecule has 122 valence electrons. The smallest absolute Gasteiger partial charge is 0.230 e. The summed E-state index contributed by atoms with van der Waals surface area (Å²) in [6.45, 7) is 0. The van der Waals surface area contributed by atoms with Gasteiger partial charge in [-0.05, 0) is 47.5 Å². The Balaban J connectivity index is 1.57. The molecule has 1 fully saturated rings. The summed E-state index contributed by atoms with van der Waals surface area (Å²) in [6.07, 6.45) is 5.84. The van der Waals surface area contributed by atoms with Crippen LogP contribution in [0.2, 0.25) is 5.02 Å². The van der Waals surface area contributed by atoms with E-state index < -0.39 is 0 Å². The van der Waals surface area contributed by atoms with Crippen molar-refractivity contribution >= 4 is 29.3 Å². The number of tetrazole rings is 1. The van der Waals surface area contributed by atoms with Crippen molar-refractivity contribution in [2.24, 2.45) is 0 Å². The minimum absolute atomic E-state index is 0.0348. The van der Waals surface area contributed by atoms with Crippen LogP contribution < -0.4 is 5.32 Å². The standard InChI is InChI=1S/C15H18ClN5OS/c16-11-6-8-13(9-7-11)21-15(18-19-20-21)23-10-14(22)17-12-4-2-1-3-5-12/h6-9,12H,1-5,10H2,(H,17,22). The Hall–Kier alpha value is -1.60. The van der Waals surface area contributed by atoms with E-state index >= 15 is 0 Å². The molecule has 1 heterocycles. The average Bonchev–Trinajstić information content (AvgIpc) is 3.03. The van der Waals surface area contributed by atoms with Gasteiger partial charge < -0.3 is 5.32 Å². The van der Waals surface area contributed by atoms with Gasteiger partial charge in [0.05, 0.1) is 11.4 Å². The van der Waals surface area contributed by atoms with Crippen molar-refractivity contribution in [2.45, 2.75) is 43.3 Å². The van der Waals surface area contributed by atoms with Crippen LogP contribution in [-0.4, -0.2) is 37.9 Å². The van der Waals surface area contributed by atoms with Gasteiger partial charge >= 0.3 is 0 Å². The second kappa shape index (κ2) is 7.79. The molecule has 8 heteroatoms. The zero-order valence-corrected chi connectivity index (χ0v) is 14.2. The third-order valence-electron chi connectivity index (χ3n) is 3.81. The van der Waals surface area contributed by atoms with Gasteiger partial charge in [0.15, 0.2) is 0 Å². The first kappa shape index (κ1) is 16.3. The third kappa shape index (κ3) is 4.45. The summed E-state index contributed by atoms with van der Waals surface area (Å²) in [5.41, 5.74) is 0.814. The van der Waals surface area contributed by atoms with Crippen LogP contribution in [0.15, 0.2) is 29.4 Å². The van der Waals surface area contributed by atoms with E-state index in [0.29, 0.717) is 22.0 Å². The fourth-order valence-corrected chi connectivity index (χ4v) is 3.49. The van der Waals surface area contributed by atoms with E-state index in [1.165, 1.54) is 31.0 Å². The molecule has 2 aromatic rings. The Kier molecular flexibility index (Phi) is 5.51. The lowest BCUT2D eigenvalue weighted by Crippen LogP contribution is -2.37. The van der Waals surface area contributed by atoms with Crippen molar-refractivity contribution in [3.8, 4) is 5.69 Å². The molecule has 1 aliphatic rings. The molecule has 0 saturated heterocycles. The van der Waals surface area contributed by atoms with Crippen molar-refractivity contribution < 1.29 is 4.79 Å². The Morgan fingerprint density at radius 2 is 2.00 bits per heavy atom. The lowest BCUT2D eigenvalue weighted by molar-refractivity contribution is -0.119. The highest BCUT2D eigenvalue weighted by molar-refractivity contribution is 7.99. The van der Waals surface area contributed by atoms with E-state index in [1.54, 1.807) is 16.8 Å². The van der Waals surface area contributed by atoms with Crippen molar-refractivity contribution in [1.29, 1.82) is 0 Å². The Labute approximate surface area is 144 Å². The molecule has 23 heavy (non-hydrogen) atoms. The zero-order valence-electron chi connectivity index (χ0n) is 12.6. The number of nitrogens with zero attached hydrogens (tertiary/aromatic N) is 4. The summed E-state index contributed by atoms with van der Waals surface area (Å²) in [4.78, 5) is 12.1. The van der Waals surface area contributed by atoms with Gasteiger partial charge in [0.2, 0.25) is 11.1 Å². The average molecular weight is 352 g/mol. The van der Waals surface area contributed by atoms with E-state index in [9.17, 15) is 4.79 Å². The maximum absolute atomic E-state index is 12.1. The highest BCUT2D eigenvalue weighted by Crippen LogP contribution is 2.20. The van der Waals surface area contributed by atoms with Gasteiger partial charge in [-0.25, -0.2) is 0 Å². The van der Waals surface area contributed by atoms with Crippen LogP contribution in [0.25, 0.3) is 5.69 Å². The number of halogens is 1. The number of benzene rings is 1. The summed E-state index contributed by atoms with van der Waals surface area (Å²) in [6, 6.07) is 7.56. The van der Waals surface area contributed by atoms with Crippen LogP contribution in [0.1, 0.15) is 32.1 Å². The Morgan fingerprint density at radius 1 is 1.26 bits per heavy atom. The van der Waals surface area contributed by atoms with Crippen LogP contribution in [0.3, 0.4) is 0 Å². The fourth-order valence-electron chi connectivity index (χ4n) is 2.66. The highest BCUT2D eigenvalue weighted by atomic mass is 35.5. The molecule has 0 spiro atoms. The van der Waals surface area contributed by atoms with Crippen LogP contribution in [0.4, 0.5) is 0 Å². The lowest BCUT2D eigenvalue weighted by Gasteiger charge is -2.22. The number of hydrogen-bond donors (Lipinski definition) is 1. The molecule has 1 aromatic carbocycles. The molecule has 3 rings (SSSR count). The van der Waals surface area contributed by atoms with Crippen LogP contribution in [0.5, 0.6) is 0 Å². The largest absolute Gasteiger partial charge is 0.353 e. The highest BCUT2D eigenvalue weighted by Gasteiger charge is 2.17. The summed E-state index contributed by atoms with van der Waals surface area (Å²) < 4.78 is 1.61. The number of nitrogens with one attached hydrogen (secondary N) is 1. The molecule has 0 bridgehead atoms. The Bertz CT molecular complexity index is 654. The van der Waals surface area contributed by atoms with E-state index in [-0.39, 0.29) is 5.91 Å². The van der Waals surface area contributed by atoms with Gasteiger partial charge in [-0.15, -0.1) is 5.10 Å². The van der Waals surface area contributed by atoms with E-state index in [1.807, 2.05) is 12.1 Å². The maximum atomic E-state index is 12.1. The number of rotatable bonds is 5. The molecule has 1 amide bonds. The second-order valence-electron chi connectivity index (χ2n) is 5.54. The first-order valence-corrected chi connectivity index (χ1v) is 9.05. The van der Waals surface area contributed by atoms with Crippen molar-refractivity contribution in [3.63, 3.8) is 0 Å². The van der Waals surface area contributed by atoms with Crippen LogP contribution >= 0.6 is 23.4 Å². The van der Waals surface area contributed by atoms with Gasteiger partial charge in [-0.2, -0.15) is 4.68 Å². The number of amides is 1. The number of aromatic nitrogens is 4. The maximum Gasteiger partial charge on any atom is 0.230 e. The third-order valence-corrected chi connectivity index (χ3v) is 4.99. The summed E-state index contributed by atoms with van der Waals surface area (Å²) in [5.74, 6) is 0.345. The monoisotopic (exact) mass is 351 g/mol. The number of carbonyl (C=O) groups excluding carboxylic acids is 1. The second-order valence-corrected chi connectivity index (χ2v) is 6.92. The summed E-state index contributed by atoms with van der Waals surface area (Å²) >= 11 is 7.22. The number of hydrogen-bond acceptors (Lipinski definition) is 5. The van der Waals surface area contributed by atoms with E-state index in [4.69, 9.17) is 11.6 Å². The quantitative estimate of drug-likeness (QED) is 0.838. The molecule has 0 radical (unpaired) electrons. The summed E-state index contributed by atoms with van der Waals surface area (Å²) in [7, 11) is 0. The molecule has 0 aliphatic heterocycles. The zero-order chi connectivity index (χ0) is 16.1. The van der Waals surface area contributed by atoms with Gasteiger partial charge in [0.1, 0.15) is 0 Å². The predicted octanol–water partition coefficient (Wildman–Crippen LogP) is 2.86. The summed E-state index contributed by atoms with van der Waals surface area (Å²) in [5, 5.41) is 16.0. The normalized spacial score (nSPS) is 15.5. The van der Waals surface area contributed by atoms with Crippen molar-refractivity contribution in [3.05, 3.63) is 29.3 Å². The molecule has 6 nitrogen and oxygen atoms in total. The molecule has 1 N–H and O–H groups in total. The van der Waals surface area contributed by atoms with Gasteiger partial charge in [-0.1, -0.05) is 42.6 Å². The molecule has 0 unspecified atom stereocenters. The Morgan fingerprint density at radius 3 is 2.74 bits per heavy atom. The van der Waals surface area contributed by atoms with Gasteiger partial charge in [-0.3, -0.25) is 4.79 Å². The molecular formula is C15H18ClN5OS. The number of thioether (sulfide) groups is 1. The molecule has 1 aliphatic carbocycles. The minimum atomic E-state index is 0.0348. The molecule has 1 saturated carbocycles. The molecule has 0 atom stereocenters. The minimum Gasteiger partial charge on any atom is -0.353 e. The van der Waals surface area contributed by atoms with Gasteiger partial charge in [0, 0.05) is 11.1 Å². The van der Waals surface area contributed by atoms with Crippen LogP contribution in [-0.2, 0) is 4.79 Å². The first-order chi connectivity index (χ1) is 11.2. The van der Waals surface area contributed by atoms with Crippen molar-refractivity contribution in [1.82, 2.24) is 25.5 Å². The molecular weight excluding hydrogens is 334 g/mol. The van der Waals surface area contributed by atoms with E-state index in [0.717, 1.165) is 18.5 Å². The van der Waals surface area contributed by atoms with Gasteiger partial charge in [0.25, 0.3) is 0 Å². The topological polar surface area (TPSA) is 72.7 Å². The van der Waals surface area contributed by atoms with E-state index in [2.05, 4.69) is 20.8 Å². The lowest BCUT2D eigenvalue weighted by atomic mass is 9.95. The van der Waals surface area contributed by atoms with Crippen LogP contribution in [0, 0.1) is 0 Å². The first-order valence-electron chi connectivity index (χ1n) is 7.69. The molecule has 1 aromatic heterocycles.